The fourth-order valence-electron chi connectivity index (χ4n) is 4.36. The highest BCUT2D eigenvalue weighted by Gasteiger charge is 2.24. The van der Waals surface area contributed by atoms with Crippen LogP contribution in [0.1, 0.15) is 54.3 Å². The summed E-state index contributed by atoms with van der Waals surface area (Å²) in [7, 11) is 0. The first-order chi connectivity index (χ1) is 15.8. The average molecular weight is 451 g/mol. The number of ether oxygens (including phenoxy) is 1. The molecule has 1 aliphatic rings. The van der Waals surface area contributed by atoms with Crippen molar-refractivity contribution in [3.8, 4) is 0 Å². The van der Waals surface area contributed by atoms with Crippen molar-refractivity contribution >= 4 is 28.5 Å². The Balaban J connectivity index is 1.87. The second-order valence-electron chi connectivity index (χ2n) is 8.75. The maximum atomic E-state index is 13.6. The molecule has 0 bridgehead atoms. The van der Waals surface area contributed by atoms with Crippen LogP contribution in [0.4, 0.5) is 11.6 Å². The summed E-state index contributed by atoms with van der Waals surface area (Å²) in [4.78, 5) is 32.4. The summed E-state index contributed by atoms with van der Waals surface area (Å²) in [6.45, 7) is 10.4. The molecule has 0 saturated carbocycles. The minimum Gasteiger partial charge on any atom is -0.478 e. The van der Waals surface area contributed by atoms with Gasteiger partial charge >= 0.3 is 5.97 Å². The summed E-state index contributed by atoms with van der Waals surface area (Å²) in [6.07, 6.45) is 0. The standard InChI is InChI=1S/C25H30N4O4/c1-15(2)29-23(30)20-14-16(3)13-19(22(20)27-25(29)28-9-11-33-12-10-28)17(4)26-21-8-6-5-7-18(21)24(31)32/h5-8,13-15,17,26H,9-12H2,1-4H3,(H,31,32). The van der Waals surface area contributed by atoms with Crippen LogP contribution in [-0.4, -0.2) is 46.9 Å². The van der Waals surface area contributed by atoms with E-state index in [1.54, 1.807) is 28.8 Å². The number of anilines is 2. The van der Waals surface area contributed by atoms with E-state index in [0.717, 1.165) is 11.1 Å². The maximum absolute atomic E-state index is 13.6. The molecule has 0 aliphatic carbocycles. The van der Waals surface area contributed by atoms with Gasteiger partial charge in [-0.3, -0.25) is 9.36 Å². The number of carboxylic acids is 1. The Hall–Kier alpha value is -3.39. The zero-order chi connectivity index (χ0) is 23.7. The van der Waals surface area contributed by atoms with Crippen LogP contribution in [0.3, 0.4) is 0 Å². The summed E-state index contributed by atoms with van der Waals surface area (Å²) < 4.78 is 7.26. The van der Waals surface area contributed by atoms with Gasteiger partial charge in [0.2, 0.25) is 5.95 Å². The smallest absolute Gasteiger partial charge is 0.337 e. The van der Waals surface area contributed by atoms with Gasteiger partial charge in [-0.25, -0.2) is 9.78 Å². The van der Waals surface area contributed by atoms with Gasteiger partial charge in [-0.15, -0.1) is 0 Å². The lowest BCUT2D eigenvalue weighted by Gasteiger charge is -2.31. The van der Waals surface area contributed by atoms with E-state index in [1.807, 2.05) is 39.8 Å². The molecule has 0 spiro atoms. The molecular weight excluding hydrogens is 420 g/mol. The fourth-order valence-corrected chi connectivity index (χ4v) is 4.36. The summed E-state index contributed by atoms with van der Waals surface area (Å²) >= 11 is 0. The number of carbonyl (C=O) groups is 1. The van der Waals surface area contributed by atoms with Gasteiger partial charge in [0.05, 0.1) is 35.7 Å². The predicted octanol–water partition coefficient (Wildman–Crippen LogP) is 3.99. The van der Waals surface area contributed by atoms with Crippen molar-refractivity contribution in [2.75, 3.05) is 36.5 Å². The monoisotopic (exact) mass is 450 g/mol. The SMILES string of the molecule is Cc1cc(C(C)Nc2ccccc2C(=O)O)c2nc(N3CCOCC3)n(C(C)C)c(=O)c2c1. The number of nitrogens with zero attached hydrogens (tertiary/aromatic N) is 3. The number of nitrogens with one attached hydrogen (secondary N) is 1. The van der Waals surface area contributed by atoms with E-state index in [1.165, 1.54) is 0 Å². The molecule has 1 aromatic heterocycles. The molecule has 174 valence electrons. The second kappa shape index (κ2) is 9.23. The predicted molar refractivity (Wildman–Crippen MR) is 130 cm³/mol. The van der Waals surface area contributed by atoms with Crippen LogP contribution in [0.2, 0.25) is 0 Å². The highest BCUT2D eigenvalue weighted by Crippen LogP contribution is 2.29. The minimum absolute atomic E-state index is 0.0470. The Labute approximate surface area is 192 Å². The van der Waals surface area contributed by atoms with Crippen LogP contribution in [-0.2, 0) is 4.74 Å². The molecule has 1 atom stereocenters. The van der Waals surface area contributed by atoms with Gasteiger partial charge in [0.25, 0.3) is 5.56 Å². The molecule has 1 saturated heterocycles. The summed E-state index contributed by atoms with van der Waals surface area (Å²) in [5.74, 6) is -0.346. The zero-order valence-electron chi connectivity index (χ0n) is 19.5. The molecule has 0 amide bonds. The highest BCUT2D eigenvalue weighted by molar-refractivity contribution is 5.94. The quantitative estimate of drug-likeness (QED) is 0.586. The van der Waals surface area contributed by atoms with Crippen LogP contribution in [0.25, 0.3) is 10.9 Å². The van der Waals surface area contributed by atoms with Crippen molar-refractivity contribution in [2.45, 2.75) is 39.8 Å². The first-order valence-corrected chi connectivity index (χ1v) is 11.3. The number of rotatable bonds is 6. The number of carboxylic acid groups (broad SMARTS) is 1. The Kier molecular flexibility index (Phi) is 6.37. The molecule has 2 aromatic carbocycles. The van der Waals surface area contributed by atoms with Crippen LogP contribution in [0.15, 0.2) is 41.2 Å². The van der Waals surface area contributed by atoms with Crippen LogP contribution >= 0.6 is 0 Å². The van der Waals surface area contributed by atoms with Gasteiger partial charge in [0.15, 0.2) is 0 Å². The van der Waals surface area contributed by atoms with Crippen molar-refractivity contribution in [1.29, 1.82) is 0 Å². The van der Waals surface area contributed by atoms with Crippen molar-refractivity contribution in [1.82, 2.24) is 9.55 Å². The van der Waals surface area contributed by atoms with E-state index in [-0.39, 0.29) is 23.2 Å². The molecule has 33 heavy (non-hydrogen) atoms. The molecule has 1 aliphatic heterocycles. The molecule has 8 nitrogen and oxygen atoms in total. The Morgan fingerprint density at radius 2 is 1.85 bits per heavy atom. The molecule has 2 heterocycles. The molecule has 0 radical (unpaired) electrons. The molecular formula is C25H30N4O4. The topological polar surface area (TPSA) is 96.7 Å². The molecule has 8 heteroatoms. The van der Waals surface area contributed by atoms with Gasteiger partial charge < -0.3 is 20.1 Å². The van der Waals surface area contributed by atoms with Crippen molar-refractivity contribution < 1.29 is 14.6 Å². The van der Waals surface area contributed by atoms with E-state index >= 15 is 0 Å². The number of aromatic carboxylic acids is 1. The lowest BCUT2D eigenvalue weighted by atomic mass is 10.0. The van der Waals surface area contributed by atoms with Gasteiger partial charge in [-0.2, -0.15) is 0 Å². The van der Waals surface area contributed by atoms with Crippen molar-refractivity contribution in [3.63, 3.8) is 0 Å². The van der Waals surface area contributed by atoms with Crippen LogP contribution in [0.5, 0.6) is 0 Å². The molecule has 4 rings (SSSR count). The van der Waals surface area contributed by atoms with Gasteiger partial charge in [0, 0.05) is 30.4 Å². The molecule has 3 aromatic rings. The Bertz CT molecular complexity index is 1250. The van der Waals surface area contributed by atoms with Crippen molar-refractivity contribution in [3.05, 3.63) is 63.4 Å². The number of aromatic nitrogens is 2. The summed E-state index contributed by atoms with van der Waals surface area (Å²) in [6, 6.07) is 10.4. The van der Waals surface area contributed by atoms with E-state index in [0.29, 0.717) is 48.8 Å². The van der Waals surface area contributed by atoms with Gasteiger partial charge in [0.1, 0.15) is 0 Å². The minimum atomic E-state index is -0.994. The third-order valence-corrected chi connectivity index (χ3v) is 5.97. The number of para-hydroxylation sites is 1. The van der Waals surface area contributed by atoms with Crippen LogP contribution in [0, 0.1) is 6.92 Å². The highest BCUT2D eigenvalue weighted by atomic mass is 16.5. The number of aryl methyl sites for hydroxylation is 1. The lowest BCUT2D eigenvalue weighted by molar-refractivity contribution is 0.0698. The third kappa shape index (κ3) is 4.43. The van der Waals surface area contributed by atoms with E-state index in [2.05, 4.69) is 10.2 Å². The average Bonchev–Trinajstić information content (AvgIpc) is 2.79. The van der Waals surface area contributed by atoms with E-state index < -0.39 is 5.97 Å². The summed E-state index contributed by atoms with van der Waals surface area (Å²) in [5.41, 5.74) is 3.09. The van der Waals surface area contributed by atoms with Gasteiger partial charge in [-0.05, 0) is 51.5 Å². The first kappa shape index (κ1) is 22.8. The number of benzene rings is 2. The molecule has 1 fully saturated rings. The summed E-state index contributed by atoms with van der Waals surface area (Å²) in [5, 5.41) is 13.4. The van der Waals surface area contributed by atoms with Crippen molar-refractivity contribution in [2.24, 2.45) is 0 Å². The lowest BCUT2D eigenvalue weighted by Crippen LogP contribution is -2.41. The normalized spacial score (nSPS) is 15.1. The largest absolute Gasteiger partial charge is 0.478 e. The van der Waals surface area contributed by atoms with Gasteiger partial charge in [-0.1, -0.05) is 18.2 Å². The number of morpholine rings is 1. The second-order valence-corrected chi connectivity index (χ2v) is 8.75. The number of fused-ring (bicyclic) bond motifs is 1. The number of hydrogen-bond acceptors (Lipinski definition) is 6. The van der Waals surface area contributed by atoms with E-state index in [4.69, 9.17) is 9.72 Å². The molecule has 1 unspecified atom stereocenters. The Morgan fingerprint density at radius 3 is 2.52 bits per heavy atom. The van der Waals surface area contributed by atoms with E-state index in [9.17, 15) is 14.7 Å². The third-order valence-electron chi connectivity index (χ3n) is 5.97. The first-order valence-electron chi connectivity index (χ1n) is 11.3. The Morgan fingerprint density at radius 1 is 1.15 bits per heavy atom. The zero-order valence-corrected chi connectivity index (χ0v) is 19.5. The fraction of sp³-hybridized carbons (Fsp3) is 0.400. The number of hydrogen-bond donors (Lipinski definition) is 2. The molecule has 2 N–H and O–H groups in total. The van der Waals surface area contributed by atoms with Crippen LogP contribution < -0.4 is 15.8 Å². The maximum Gasteiger partial charge on any atom is 0.337 e.